The van der Waals surface area contributed by atoms with Gasteiger partial charge < -0.3 is 14.8 Å². The number of methoxy groups -OCH3 is 2. The molecule has 0 aromatic heterocycles. The van der Waals surface area contributed by atoms with Gasteiger partial charge in [-0.2, -0.15) is 5.10 Å². The zero-order valence-corrected chi connectivity index (χ0v) is 18.6. The van der Waals surface area contributed by atoms with Crippen molar-refractivity contribution in [2.24, 2.45) is 5.10 Å². The number of hydrazone groups is 1. The summed E-state index contributed by atoms with van der Waals surface area (Å²) in [6.45, 7) is 1.81. The number of hydrogen-bond donors (Lipinski definition) is 2. The van der Waals surface area contributed by atoms with Crippen molar-refractivity contribution in [1.82, 2.24) is 5.43 Å². The highest BCUT2D eigenvalue weighted by molar-refractivity contribution is 9.10. The minimum Gasteiger partial charge on any atom is -0.496 e. The Morgan fingerprint density at radius 2 is 1.83 bits per heavy atom. The van der Waals surface area contributed by atoms with E-state index in [1.54, 1.807) is 37.4 Å². The number of rotatable bonds is 8. The van der Waals surface area contributed by atoms with Gasteiger partial charge in [-0.15, -0.1) is 0 Å². The summed E-state index contributed by atoms with van der Waals surface area (Å²) in [5.74, 6) is 0.490. The van der Waals surface area contributed by atoms with E-state index >= 15 is 0 Å². The smallest absolute Gasteiger partial charge is 0.240 e. The topological polar surface area (TPSA) is 89.0 Å². The molecule has 2 rings (SSSR count). The highest BCUT2D eigenvalue weighted by Crippen LogP contribution is 2.31. The van der Waals surface area contributed by atoms with Gasteiger partial charge in [-0.25, -0.2) is 5.43 Å². The van der Waals surface area contributed by atoms with Gasteiger partial charge in [0.1, 0.15) is 11.5 Å². The summed E-state index contributed by atoms with van der Waals surface area (Å²) >= 11 is 9.42. The fourth-order valence-electron chi connectivity index (χ4n) is 2.40. The first-order valence-electron chi connectivity index (χ1n) is 8.64. The molecule has 0 fully saturated rings. The van der Waals surface area contributed by atoms with E-state index < -0.39 is 0 Å². The number of hydrogen-bond acceptors (Lipinski definition) is 5. The molecule has 9 heteroatoms. The van der Waals surface area contributed by atoms with Crippen LogP contribution in [0, 0.1) is 6.92 Å². The van der Waals surface area contributed by atoms with Gasteiger partial charge in [0.05, 0.1) is 24.9 Å². The van der Waals surface area contributed by atoms with Crippen LogP contribution in [0.25, 0.3) is 0 Å². The lowest BCUT2D eigenvalue weighted by Crippen LogP contribution is -2.21. The molecule has 0 aliphatic carbocycles. The Labute approximate surface area is 182 Å². The molecule has 2 aromatic carbocycles. The van der Waals surface area contributed by atoms with Crippen LogP contribution in [-0.2, 0) is 9.59 Å². The van der Waals surface area contributed by atoms with Crippen LogP contribution in [0.2, 0.25) is 5.02 Å². The highest BCUT2D eigenvalue weighted by Gasteiger charge is 2.10. The summed E-state index contributed by atoms with van der Waals surface area (Å²) in [5, 5.41) is 7.23. The molecular formula is C20H21BrClN3O4. The maximum absolute atomic E-state index is 12.1. The largest absolute Gasteiger partial charge is 0.496 e. The van der Waals surface area contributed by atoms with E-state index in [0.717, 1.165) is 10.0 Å². The number of nitrogens with one attached hydrogen (secondary N) is 2. The van der Waals surface area contributed by atoms with Gasteiger partial charge in [0.15, 0.2) is 0 Å². The van der Waals surface area contributed by atoms with Gasteiger partial charge >= 0.3 is 0 Å². The summed E-state index contributed by atoms with van der Waals surface area (Å²) in [4.78, 5) is 24.0. The Bertz CT molecular complexity index is 934. The van der Waals surface area contributed by atoms with Crippen LogP contribution >= 0.6 is 27.5 Å². The molecule has 29 heavy (non-hydrogen) atoms. The summed E-state index contributed by atoms with van der Waals surface area (Å²) < 4.78 is 11.2. The van der Waals surface area contributed by atoms with E-state index in [0.29, 0.717) is 27.8 Å². The molecule has 0 radical (unpaired) electrons. The van der Waals surface area contributed by atoms with E-state index in [1.807, 2.05) is 6.92 Å². The zero-order valence-electron chi connectivity index (χ0n) is 16.2. The summed E-state index contributed by atoms with van der Waals surface area (Å²) in [7, 11) is 3.08. The highest BCUT2D eigenvalue weighted by atomic mass is 79.9. The third kappa shape index (κ3) is 6.47. The first kappa shape index (κ1) is 22.7. The normalized spacial score (nSPS) is 10.7. The molecule has 0 atom stereocenters. The van der Waals surface area contributed by atoms with Crippen molar-refractivity contribution >= 4 is 51.2 Å². The van der Waals surface area contributed by atoms with E-state index in [9.17, 15) is 9.59 Å². The number of amides is 2. The Kier molecular flexibility index (Phi) is 8.48. The maximum Gasteiger partial charge on any atom is 0.240 e. The molecule has 0 aliphatic rings. The van der Waals surface area contributed by atoms with Crippen LogP contribution in [0.5, 0.6) is 11.5 Å². The van der Waals surface area contributed by atoms with Gasteiger partial charge in [0.25, 0.3) is 0 Å². The number of carbonyl (C=O) groups is 2. The fourth-order valence-corrected chi connectivity index (χ4v) is 3.09. The zero-order chi connectivity index (χ0) is 21.4. The van der Waals surface area contributed by atoms with Crippen molar-refractivity contribution in [2.75, 3.05) is 19.5 Å². The molecule has 0 saturated carbocycles. The van der Waals surface area contributed by atoms with Crippen LogP contribution < -0.4 is 20.2 Å². The number of carbonyl (C=O) groups excluding carboxylic acids is 2. The van der Waals surface area contributed by atoms with Crippen LogP contribution in [0.1, 0.15) is 24.0 Å². The van der Waals surface area contributed by atoms with Crippen LogP contribution in [-0.4, -0.2) is 32.2 Å². The fraction of sp³-hybridized carbons (Fsp3) is 0.250. The van der Waals surface area contributed by atoms with E-state index in [4.69, 9.17) is 21.1 Å². The van der Waals surface area contributed by atoms with Crippen molar-refractivity contribution in [3.8, 4) is 11.5 Å². The maximum atomic E-state index is 12.1. The first-order valence-corrected chi connectivity index (χ1v) is 9.81. The predicted octanol–water partition coefficient (Wildman–Crippen LogP) is 4.30. The summed E-state index contributed by atoms with van der Waals surface area (Å²) in [6.07, 6.45) is 1.47. The molecule has 2 N–H and O–H groups in total. The molecule has 0 aliphatic heterocycles. The summed E-state index contributed by atoms with van der Waals surface area (Å²) in [5.41, 5.74) is 4.44. The van der Waals surface area contributed by atoms with Gasteiger partial charge in [0, 0.05) is 35.2 Å². The number of anilines is 1. The molecule has 2 aromatic rings. The third-order valence-electron chi connectivity index (χ3n) is 4.02. The van der Waals surface area contributed by atoms with Gasteiger partial charge in [-0.1, -0.05) is 17.7 Å². The number of halogens is 2. The second-order valence-corrected chi connectivity index (χ2v) is 7.24. The molecule has 2 amide bonds. The van der Waals surface area contributed by atoms with Crippen molar-refractivity contribution in [1.29, 1.82) is 0 Å². The lowest BCUT2D eigenvalue weighted by molar-refractivity contribution is -0.124. The number of benzene rings is 2. The average Bonchev–Trinajstić information content (AvgIpc) is 2.70. The molecule has 0 unspecified atom stereocenters. The predicted molar refractivity (Wildman–Crippen MR) is 117 cm³/mol. The van der Waals surface area contributed by atoms with E-state index in [-0.39, 0.29) is 24.7 Å². The lowest BCUT2D eigenvalue weighted by atomic mass is 10.2. The van der Waals surface area contributed by atoms with E-state index in [1.165, 1.54) is 13.3 Å². The second kappa shape index (κ2) is 10.8. The van der Waals surface area contributed by atoms with Crippen molar-refractivity contribution in [3.63, 3.8) is 0 Å². The molecule has 0 bridgehead atoms. The van der Waals surface area contributed by atoms with Crippen molar-refractivity contribution in [2.45, 2.75) is 19.8 Å². The van der Waals surface area contributed by atoms with E-state index in [2.05, 4.69) is 31.8 Å². The third-order valence-corrected chi connectivity index (χ3v) is 5.05. The molecule has 7 nitrogen and oxygen atoms in total. The first-order chi connectivity index (χ1) is 13.8. The van der Waals surface area contributed by atoms with Crippen LogP contribution in [0.3, 0.4) is 0 Å². The van der Waals surface area contributed by atoms with Crippen molar-refractivity contribution in [3.05, 3.63) is 51.0 Å². The Balaban J connectivity index is 1.87. The van der Waals surface area contributed by atoms with Crippen LogP contribution in [0.4, 0.5) is 5.69 Å². The van der Waals surface area contributed by atoms with Crippen molar-refractivity contribution < 1.29 is 19.1 Å². The number of ether oxygens (including phenoxy) is 2. The number of nitrogens with zero attached hydrogens (tertiary/aromatic N) is 1. The average molecular weight is 483 g/mol. The monoisotopic (exact) mass is 481 g/mol. The lowest BCUT2D eigenvalue weighted by Gasteiger charge is -2.09. The Morgan fingerprint density at radius 1 is 1.14 bits per heavy atom. The molecule has 0 heterocycles. The molecule has 154 valence electrons. The van der Waals surface area contributed by atoms with Gasteiger partial charge in [-0.3, -0.25) is 9.59 Å². The Hall–Kier alpha value is -2.58. The molecule has 0 saturated heterocycles. The summed E-state index contributed by atoms with van der Waals surface area (Å²) in [6, 6.07) is 8.71. The Morgan fingerprint density at radius 3 is 2.52 bits per heavy atom. The van der Waals surface area contributed by atoms with Gasteiger partial charge in [0.2, 0.25) is 11.8 Å². The molecule has 0 spiro atoms. The van der Waals surface area contributed by atoms with Crippen LogP contribution in [0.15, 0.2) is 39.9 Å². The second-order valence-electron chi connectivity index (χ2n) is 5.98. The quantitative estimate of drug-likeness (QED) is 0.434. The molecular weight excluding hydrogens is 462 g/mol. The standard InChI is InChI=1S/C20H21BrClN3O4/c1-12-15(22)5-4-6-16(12)24-19(26)7-8-20(27)25-23-11-13-9-14(21)18(29-3)10-17(13)28-2/h4-6,9-11H,7-8H2,1-3H3,(H,24,26)(H,25,27)/b23-11-. The minimum atomic E-state index is -0.384. The SMILES string of the molecule is COc1cc(OC)c(/C=N\NC(=O)CCC(=O)Nc2cccc(Cl)c2C)cc1Br. The van der Waals surface area contributed by atoms with Gasteiger partial charge in [-0.05, 0) is 46.6 Å². The minimum absolute atomic E-state index is 0.00771.